The van der Waals surface area contributed by atoms with E-state index in [0.29, 0.717) is 57.6 Å². The van der Waals surface area contributed by atoms with Gasteiger partial charge < -0.3 is 33.8 Å². The third-order valence-electron chi connectivity index (χ3n) is 17.3. The smallest absolute Gasteiger partial charge is 0.744 e. The van der Waals surface area contributed by atoms with Gasteiger partial charge in [-0.25, -0.2) is 55.2 Å². The SMILES string of the molecule is C[C@]12CC[C@@H]3c4ccc(O)cc4CC[C@H]3[C@@H]1CC[C@]2(O)c1ccc(C#CC#Cc2ccc3c(c2)-c2nc-3nc3[nH]c(nc4nc(nc5[nH]c(n2)c2ccc(S(=O)(=O)[O-])cc52)-c2ccc(S(=O)(=O)[O-])cc2-4)c2ccc(S(=O)(=O)[O-])cc32)cc1.[Na+].[Na+].[Na+].[Zn]. The number of aryl methyl sites for hydroxylation is 1. The first-order valence-electron chi connectivity index (χ1n) is 26.0. The molecular formula is C60H41N8Na3O11S3Zn. The van der Waals surface area contributed by atoms with E-state index < -0.39 is 50.6 Å². The Hall–Kier alpha value is -5.09. The normalized spacial score (nSPS) is 19.8. The number of aromatic amines is 2. The summed E-state index contributed by atoms with van der Waals surface area (Å²) in [4.78, 5) is 33.1. The van der Waals surface area contributed by atoms with Crippen molar-refractivity contribution in [3.63, 3.8) is 0 Å². The minimum Gasteiger partial charge on any atom is -0.744 e. The third kappa shape index (κ3) is 11.0. The van der Waals surface area contributed by atoms with Gasteiger partial charge in [0.15, 0.2) is 23.3 Å². The zero-order valence-corrected chi connectivity index (χ0v) is 58.0. The van der Waals surface area contributed by atoms with Gasteiger partial charge >= 0.3 is 88.7 Å². The zero-order chi connectivity index (χ0) is 56.8. The number of phenols is 1. The van der Waals surface area contributed by atoms with Crippen molar-refractivity contribution in [3.05, 3.63) is 143 Å². The maximum absolute atomic E-state index is 12.6. The summed E-state index contributed by atoms with van der Waals surface area (Å²) >= 11 is 0. The molecule has 86 heavy (non-hydrogen) atoms. The van der Waals surface area contributed by atoms with Gasteiger partial charge in [-0.05, 0) is 182 Å². The number of rotatable bonds is 4. The van der Waals surface area contributed by atoms with Crippen LogP contribution in [0.2, 0.25) is 0 Å². The molecule has 14 rings (SSSR count). The number of benzene rings is 6. The average molecular weight is 1280 g/mol. The molecule has 0 saturated heterocycles. The van der Waals surface area contributed by atoms with E-state index in [9.17, 15) is 49.1 Å². The van der Waals surface area contributed by atoms with Crippen molar-refractivity contribution in [3.8, 4) is 75.0 Å². The molecule has 4 N–H and O–H groups in total. The summed E-state index contributed by atoms with van der Waals surface area (Å²) in [6.45, 7) is 2.26. The van der Waals surface area contributed by atoms with Crippen molar-refractivity contribution in [1.82, 2.24) is 39.9 Å². The fraction of sp³-hybridized carbons (Fsp3) is 0.200. The molecule has 0 radical (unpaired) electrons. The molecular weight excluding hydrogens is 1240 g/mol. The van der Waals surface area contributed by atoms with E-state index in [4.69, 9.17) is 24.9 Å². The number of fused-ring (bicyclic) bond motifs is 25. The molecule has 26 heteroatoms. The Bertz CT molecular complexity index is 5010. The Morgan fingerprint density at radius 2 is 1.00 bits per heavy atom. The number of aliphatic hydroxyl groups is 1. The number of nitrogens with one attached hydrogen (secondary N) is 2. The number of hydrogen-bond acceptors (Lipinski definition) is 17. The molecule has 0 unspecified atom stereocenters. The molecule has 2 saturated carbocycles. The van der Waals surface area contributed by atoms with Crippen molar-refractivity contribution < 1.29 is 157 Å². The Labute approximate surface area is 572 Å². The second-order valence-corrected chi connectivity index (χ2v) is 25.7. The largest absolute Gasteiger partial charge is 1.00 e. The van der Waals surface area contributed by atoms with Gasteiger partial charge in [0.25, 0.3) is 0 Å². The van der Waals surface area contributed by atoms with Crippen LogP contribution >= 0.6 is 0 Å². The van der Waals surface area contributed by atoms with Gasteiger partial charge in [0, 0.05) is 79.8 Å². The van der Waals surface area contributed by atoms with Crippen LogP contribution in [0.4, 0.5) is 0 Å². The standard InChI is InChI=1S/C60H44N8O11S3.3Na.Zn/c1-59-24-22-40-39-18-12-35(69)27-33(39)9-17-41(40)50(59)23-25-60(59,70)34-10-6-31(7-11-34)4-2-3-5-32-8-16-42-46(26-32)55-61-51(42)63-56-48-29-37(81(74,75)76)14-20-44(48)53(65-56)67-58-49-30-38(82(77,78)79)15-21-45(49)54(68-58)66-57-47-28-36(80(71,72)73)13-19-43(47)52(62-55)64-57;;;;/h6-8,10-16,18-21,26-30,40-41,50,69-70H,9,17,22-25H2,1H3,(H,71,72,73)(H,74,75,76)(H,77,78,79)(H2,61,62,63,64,65,66,67,68);;;;/q;3*+1;/p-3/t40-,41-,50+,59+,60+;;;;/m1..../s1. The maximum Gasteiger partial charge on any atom is 1.00 e. The summed E-state index contributed by atoms with van der Waals surface area (Å²) in [5.41, 5.74) is 4.61. The van der Waals surface area contributed by atoms with Crippen LogP contribution in [0.15, 0.2) is 130 Å². The third-order valence-corrected chi connectivity index (χ3v) is 19.8. The van der Waals surface area contributed by atoms with Crippen LogP contribution in [0, 0.1) is 40.9 Å². The number of aromatic nitrogens is 8. The Kier molecular flexibility index (Phi) is 17.4. The molecule has 3 aromatic heterocycles. The Morgan fingerprint density at radius 3 is 1.56 bits per heavy atom. The number of aromatic hydroxyl groups is 1. The van der Waals surface area contributed by atoms with Gasteiger partial charge in [0.1, 0.15) is 58.7 Å². The molecule has 2 aliphatic heterocycles. The van der Waals surface area contributed by atoms with Crippen LogP contribution in [0.3, 0.4) is 0 Å². The molecule has 8 bridgehead atoms. The van der Waals surface area contributed by atoms with Crippen LogP contribution in [-0.2, 0) is 61.9 Å². The maximum atomic E-state index is 12.6. The summed E-state index contributed by atoms with van der Waals surface area (Å²) in [5.74, 6) is 13.6. The van der Waals surface area contributed by atoms with Gasteiger partial charge in [-0.2, -0.15) is 0 Å². The monoisotopic (exact) mass is 1280 g/mol. The van der Waals surface area contributed by atoms with E-state index in [-0.39, 0.29) is 187 Å². The summed E-state index contributed by atoms with van der Waals surface area (Å²) in [7, 11) is -15.0. The zero-order valence-electron chi connectivity index (χ0n) is 46.6. The van der Waals surface area contributed by atoms with Crippen molar-refractivity contribution in [2.75, 3.05) is 0 Å². The quantitative estimate of drug-likeness (QED) is 0.0975. The number of phenolic OH excluding ortho intramolecular Hbond substituents is 1. The van der Waals surface area contributed by atoms with Gasteiger partial charge in [0.2, 0.25) is 0 Å². The van der Waals surface area contributed by atoms with Crippen molar-refractivity contribution in [2.45, 2.75) is 71.7 Å². The predicted octanol–water partition coefficient (Wildman–Crippen LogP) is -0.556. The fourth-order valence-corrected chi connectivity index (χ4v) is 14.9. The molecule has 5 heterocycles. The molecule has 5 aliphatic rings. The molecule has 2 fully saturated rings. The summed E-state index contributed by atoms with van der Waals surface area (Å²) in [6.07, 6.45) is 5.45. The Balaban J connectivity index is 0.00000205. The van der Waals surface area contributed by atoms with Gasteiger partial charge in [-0.1, -0.05) is 37.0 Å². The second kappa shape index (κ2) is 23.4. The fourth-order valence-electron chi connectivity index (χ4n) is 13.4. The van der Waals surface area contributed by atoms with Crippen LogP contribution in [0.5, 0.6) is 5.75 Å². The molecule has 410 valence electrons. The second-order valence-electron chi connectivity index (χ2n) is 21.6. The first-order valence-corrected chi connectivity index (χ1v) is 30.3. The molecule has 3 aliphatic carbocycles. The van der Waals surface area contributed by atoms with Crippen LogP contribution in [0.1, 0.15) is 72.8 Å². The van der Waals surface area contributed by atoms with Crippen LogP contribution < -0.4 is 88.7 Å². The van der Waals surface area contributed by atoms with E-state index in [0.717, 1.165) is 74.1 Å². The first kappa shape index (κ1) is 63.9. The summed E-state index contributed by atoms with van der Waals surface area (Å²) in [5, 5.41) is 23.6. The van der Waals surface area contributed by atoms with Crippen LogP contribution in [0.25, 0.3) is 89.7 Å². The minimum absolute atomic E-state index is 0. The number of hydrogen-bond donors (Lipinski definition) is 4. The minimum atomic E-state index is -5.00. The van der Waals surface area contributed by atoms with Crippen molar-refractivity contribution in [1.29, 1.82) is 0 Å². The molecule has 9 aromatic rings. The topological polar surface area (TPSA) is 321 Å². The molecule has 0 spiro atoms. The number of nitrogens with zero attached hydrogens (tertiary/aromatic N) is 6. The average Bonchev–Trinajstić information content (AvgIpc) is 1.57. The van der Waals surface area contributed by atoms with E-state index in [1.165, 1.54) is 29.3 Å². The first-order chi connectivity index (χ1) is 39.1. The summed E-state index contributed by atoms with van der Waals surface area (Å²) < 4.78 is 111. The molecule has 19 nitrogen and oxygen atoms in total. The predicted molar refractivity (Wildman–Crippen MR) is 297 cm³/mol. The number of H-pyrrole nitrogens is 2. The summed E-state index contributed by atoms with van der Waals surface area (Å²) in [6, 6.07) is 29.3. The molecule has 0 amide bonds. The van der Waals surface area contributed by atoms with Crippen molar-refractivity contribution in [2.24, 2.45) is 17.3 Å². The van der Waals surface area contributed by atoms with Crippen molar-refractivity contribution >= 4 is 74.5 Å². The van der Waals surface area contributed by atoms with E-state index in [2.05, 4.69) is 51.6 Å². The molecule has 6 aromatic carbocycles. The van der Waals surface area contributed by atoms with E-state index in [1.807, 2.05) is 30.3 Å². The van der Waals surface area contributed by atoms with E-state index >= 15 is 0 Å². The Morgan fingerprint density at radius 1 is 0.523 bits per heavy atom. The van der Waals surface area contributed by atoms with Gasteiger partial charge in [0.05, 0.1) is 20.3 Å². The van der Waals surface area contributed by atoms with Crippen LogP contribution in [-0.4, -0.2) is 89.0 Å². The van der Waals surface area contributed by atoms with Gasteiger partial charge in [-0.15, -0.1) is 0 Å². The van der Waals surface area contributed by atoms with Gasteiger partial charge in [-0.3, -0.25) is 0 Å². The molecule has 5 atom stereocenters. The van der Waals surface area contributed by atoms with E-state index in [1.54, 1.807) is 24.3 Å².